The number of nitrogens with zero attached hydrogens (tertiary/aromatic N) is 1. The van der Waals surface area contributed by atoms with Crippen LogP contribution in [-0.2, 0) is 0 Å². The van der Waals surface area contributed by atoms with Crippen LogP contribution in [0.2, 0.25) is 0 Å². The lowest BCUT2D eigenvalue weighted by molar-refractivity contribution is 0.714. The minimum absolute atomic E-state index is 0.796. The summed E-state index contributed by atoms with van der Waals surface area (Å²) in [6.45, 7) is 2.31. The third kappa shape index (κ3) is 3.16. The number of para-hydroxylation sites is 2. The number of benzene rings is 4. The van der Waals surface area contributed by atoms with Gasteiger partial charge in [-0.15, -0.1) is 0 Å². The molecule has 0 radical (unpaired) electrons. The Balaban J connectivity index is 1.38. The third-order valence-corrected chi connectivity index (χ3v) is 7.19. The average molecular weight is 402 g/mol. The zero-order chi connectivity index (χ0) is 20.8. The normalized spacial score (nSPS) is 18.7. The van der Waals surface area contributed by atoms with E-state index in [4.69, 9.17) is 0 Å². The van der Waals surface area contributed by atoms with Gasteiger partial charge in [0.15, 0.2) is 0 Å². The maximum absolute atomic E-state index is 2.48. The first-order chi connectivity index (χ1) is 15.3. The number of hydrogen-bond donors (Lipinski definition) is 0. The van der Waals surface area contributed by atoms with Crippen molar-refractivity contribution in [3.05, 3.63) is 114 Å². The van der Waals surface area contributed by atoms with E-state index in [0.717, 1.165) is 11.8 Å². The highest BCUT2D eigenvalue weighted by molar-refractivity contribution is 5.78. The Morgan fingerprint density at radius 3 is 1.84 bits per heavy atom. The summed E-state index contributed by atoms with van der Waals surface area (Å²) in [4.78, 5) is 2.32. The van der Waals surface area contributed by atoms with Crippen molar-refractivity contribution < 1.29 is 0 Å². The molecule has 4 aromatic carbocycles. The molecule has 2 atom stereocenters. The van der Waals surface area contributed by atoms with Gasteiger partial charge in [-0.05, 0) is 102 Å². The summed E-state index contributed by atoms with van der Waals surface area (Å²) < 4.78 is 0. The Morgan fingerprint density at radius 1 is 0.613 bits per heavy atom. The van der Waals surface area contributed by atoms with Gasteiger partial charge in [0.05, 0.1) is 0 Å². The number of aryl methyl sites for hydroxylation is 1. The predicted octanol–water partition coefficient (Wildman–Crippen LogP) is 8.50. The van der Waals surface area contributed by atoms with E-state index in [9.17, 15) is 0 Å². The summed E-state index contributed by atoms with van der Waals surface area (Å²) in [5.74, 6) is 1.62. The first-order valence-corrected chi connectivity index (χ1v) is 11.4. The molecule has 0 spiro atoms. The Morgan fingerprint density at radius 2 is 1.19 bits per heavy atom. The molecule has 31 heavy (non-hydrogen) atoms. The molecular weight excluding hydrogens is 374 g/mol. The molecule has 2 aliphatic carbocycles. The fourth-order valence-corrected chi connectivity index (χ4v) is 5.82. The quantitative estimate of drug-likeness (QED) is 0.331. The van der Waals surface area contributed by atoms with Crippen LogP contribution in [0.4, 0.5) is 17.1 Å². The molecule has 0 amide bonds. The molecule has 1 nitrogen and oxygen atoms in total. The Kier molecular flexibility index (Phi) is 4.42. The Hall–Kier alpha value is -3.32. The van der Waals surface area contributed by atoms with Crippen LogP contribution in [0.3, 0.4) is 0 Å². The van der Waals surface area contributed by atoms with E-state index in [1.54, 1.807) is 11.1 Å². The van der Waals surface area contributed by atoms with Gasteiger partial charge in [-0.25, -0.2) is 0 Å². The monoisotopic (exact) mass is 401 g/mol. The summed E-state index contributed by atoms with van der Waals surface area (Å²) in [6, 6.07) is 35.1. The van der Waals surface area contributed by atoms with E-state index in [0.29, 0.717) is 0 Å². The maximum atomic E-state index is 2.48. The van der Waals surface area contributed by atoms with Gasteiger partial charge in [-0.2, -0.15) is 0 Å². The van der Waals surface area contributed by atoms with Gasteiger partial charge in [0, 0.05) is 17.1 Å². The van der Waals surface area contributed by atoms with Crippen molar-refractivity contribution >= 4 is 17.1 Å². The fraction of sp³-hybridized carbons (Fsp3) is 0.200. The van der Waals surface area contributed by atoms with Crippen LogP contribution < -0.4 is 4.90 Å². The molecule has 2 bridgehead atoms. The third-order valence-electron chi connectivity index (χ3n) is 7.19. The van der Waals surface area contributed by atoms with Gasteiger partial charge in [-0.3, -0.25) is 0 Å². The number of fused-ring (bicyclic) bond motifs is 5. The average Bonchev–Trinajstić information content (AvgIpc) is 3.44. The predicted molar refractivity (Wildman–Crippen MR) is 131 cm³/mol. The van der Waals surface area contributed by atoms with Crippen molar-refractivity contribution in [2.45, 2.75) is 38.0 Å². The number of anilines is 3. The second kappa shape index (κ2) is 7.42. The van der Waals surface area contributed by atoms with E-state index in [1.165, 1.54) is 53.0 Å². The number of rotatable bonds is 4. The first-order valence-electron chi connectivity index (χ1n) is 11.4. The summed E-state index contributed by atoms with van der Waals surface area (Å²) in [7, 11) is 0. The van der Waals surface area contributed by atoms with E-state index in [1.807, 2.05) is 0 Å². The summed E-state index contributed by atoms with van der Waals surface area (Å²) in [5, 5.41) is 0. The van der Waals surface area contributed by atoms with Crippen LogP contribution >= 0.6 is 0 Å². The van der Waals surface area contributed by atoms with Gasteiger partial charge >= 0.3 is 0 Å². The van der Waals surface area contributed by atoms with Gasteiger partial charge in [0.1, 0.15) is 0 Å². The molecule has 0 heterocycles. The summed E-state index contributed by atoms with van der Waals surface area (Å²) in [6.07, 6.45) is 4.14. The summed E-state index contributed by atoms with van der Waals surface area (Å²) >= 11 is 0. The lowest BCUT2D eigenvalue weighted by Gasteiger charge is -2.25. The lowest BCUT2D eigenvalue weighted by Crippen LogP contribution is -2.09. The van der Waals surface area contributed by atoms with Gasteiger partial charge in [-0.1, -0.05) is 60.7 Å². The minimum Gasteiger partial charge on any atom is -0.311 e. The molecule has 2 aliphatic rings. The maximum Gasteiger partial charge on any atom is 0.0462 e. The molecule has 4 aromatic rings. The molecule has 2 unspecified atom stereocenters. The zero-order valence-corrected chi connectivity index (χ0v) is 18.0. The zero-order valence-electron chi connectivity index (χ0n) is 18.0. The standard InChI is InChI=1S/C30H27N/c1-21-18-25(20-29-23-12-13-24(19-23)30(21)29)22-14-16-28(17-15-22)31(26-8-4-2-5-9-26)27-10-6-3-7-11-27/h2-11,14-18,20,23-24H,12-13,19H2,1H3. The van der Waals surface area contributed by atoms with Crippen LogP contribution in [0.1, 0.15) is 47.8 Å². The molecule has 1 saturated carbocycles. The topological polar surface area (TPSA) is 3.24 Å². The largest absolute Gasteiger partial charge is 0.311 e. The van der Waals surface area contributed by atoms with Crippen molar-refractivity contribution in [2.75, 3.05) is 4.90 Å². The second-order valence-electron chi connectivity index (χ2n) is 9.06. The first kappa shape index (κ1) is 18.4. The van der Waals surface area contributed by atoms with Gasteiger partial charge in [0.2, 0.25) is 0 Å². The van der Waals surface area contributed by atoms with Crippen LogP contribution in [0.15, 0.2) is 97.1 Å². The van der Waals surface area contributed by atoms with Gasteiger partial charge < -0.3 is 4.90 Å². The lowest BCUT2D eigenvalue weighted by atomic mass is 9.86. The molecule has 0 aromatic heterocycles. The molecule has 0 aliphatic heterocycles. The molecule has 152 valence electrons. The van der Waals surface area contributed by atoms with E-state index in [2.05, 4.69) is 109 Å². The van der Waals surface area contributed by atoms with Crippen LogP contribution in [0.5, 0.6) is 0 Å². The highest BCUT2D eigenvalue weighted by Gasteiger charge is 2.37. The molecule has 0 N–H and O–H groups in total. The van der Waals surface area contributed by atoms with Crippen LogP contribution in [-0.4, -0.2) is 0 Å². The minimum atomic E-state index is 0.796. The highest BCUT2D eigenvalue weighted by Crippen LogP contribution is 2.54. The van der Waals surface area contributed by atoms with Crippen molar-refractivity contribution in [1.82, 2.24) is 0 Å². The van der Waals surface area contributed by atoms with Crippen molar-refractivity contribution in [3.8, 4) is 11.1 Å². The molecular formula is C30H27N. The SMILES string of the molecule is Cc1cc(-c2ccc(N(c3ccccc3)c3ccccc3)cc2)cc2c1C1CCC2C1. The smallest absolute Gasteiger partial charge is 0.0462 e. The molecule has 1 heteroatoms. The molecule has 0 saturated heterocycles. The van der Waals surface area contributed by atoms with Crippen molar-refractivity contribution in [2.24, 2.45) is 0 Å². The van der Waals surface area contributed by atoms with E-state index in [-0.39, 0.29) is 0 Å². The van der Waals surface area contributed by atoms with Gasteiger partial charge in [0.25, 0.3) is 0 Å². The molecule has 1 fully saturated rings. The highest BCUT2D eigenvalue weighted by atomic mass is 15.1. The fourth-order valence-electron chi connectivity index (χ4n) is 5.82. The van der Waals surface area contributed by atoms with E-state index >= 15 is 0 Å². The molecule has 6 rings (SSSR count). The van der Waals surface area contributed by atoms with Crippen molar-refractivity contribution in [1.29, 1.82) is 0 Å². The van der Waals surface area contributed by atoms with E-state index < -0.39 is 0 Å². The number of hydrogen-bond acceptors (Lipinski definition) is 1. The Labute approximate surface area is 185 Å². The second-order valence-corrected chi connectivity index (χ2v) is 9.06. The van der Waals surface area contributed by atoms with Crippen molar-refractivity contribution in [3.63, 3.8) is 0 Å². The summed E-state index contributed by atoms with van der Waals surface area (Å²) in [5.41, 5.74) is 11.0. The Bertz CT molecular complexity index is 1170. The van der Waals surface area contributed by atoms with Crippen LogP contribution in [0.25, 0.3) is 11.1 Å². The van der Waals surface area contributed by atoms with Crippen LogP contribution in [0, 0.1) is 6.92 Å².